The van der Waals surface area contributed by atoms with E-state index < -0.39 is 11.8 Å². The van der Waals surface area contributed by atoms with Gasteiger partial charge in [-0.25, -0.2) is 9.18 Å². The maximum atomic E-state index is 13.2. The molecule has 0 aliphatic carbocycles. The molecule has 1 fully saturated rings. The zero-order valence-corrected chi connectivity index (χ0v) is 20.7. The number of aromatic amines is 1. The second-order valence-electron chi connectivity index (χ2n) is 8.72. The van der Waals surface area contributed by atoms with E-state index in [2.05, 4.69) is 10.3 Å². The number of likely N-dealkylation sites (tertiary alicyclic amines) is 1. The molecule has 0 bridgehead atoms. The number of aromatic nitrogens is 1. The fraction of sp³-hybridized carbons (Fsp3) is 0.480. The summed E-state index contributed by atoms with van der Waals surface area (Å²) in [6.45, 7) is 8.67. The molecule has 3 rings (SSSR count). The van der Waals surface area contributed by atoms with E-state index in [1.165, 1.54) is 12.1 Å². The van der Waals surface area contributed by atoms with E-state index in [1.807, 2.05) is 6.92 Å². The van der Waals surface area contributed by atoms with Gasteiger partial charge in [-0.1, -0.05) is 24.6 Å². The second-order valence-corrected chi connectivity index (χ2v) is 9.12. The van der Waals surface area contributed by atoms with Gasteiger partial charge in [-0.2, -0.15) is 0 Å². The number of ether oxygens (including phenoxy) is 1. The van der Waals surface area contributed by atoms with Crippen LogP contribution in [0.15, 0.2) is 18.2 Å². The highest BCUT2D eigenvalue weighted by molar-refractivity contribution is 6.31. The first kappa shape index (κ1) is 25.7. The quantitative estimate of drug-likeness (QED) is 0.561. The monoisotopic (exact) mass is 491 g/mol. The van der Waals surface area contributed by atoms with Crippen molar-refractivity contribution in [1.82, 2.24) is 15.2 Å². The summed E-state index contributed by atoms with van der Waals surface area (Å²) >= 11 is 6.04. The Hall–Kier alpha value is -2.87. The van der Waals surface area contributed by atoms with E-state index in [-0.39, 0.29) is 41.8 Å². The van der Waals surface area contributed by atoms with Gasteiger partial charge in [0.1, 0.15) is 11.5 Å². The number of aryl methyl sites for hydroxylation is 1. The molecule has 0 spiro atoms. The zero-order chi connectivity index (χ0) is 25.0. The van der Waals surface area contributed by atoms with Crippen LogP contribution in [0.5, 0.6) is 0 Å². The summed E-state index contributed by atoms with van der Waals surface area (Å²) in [6, 6.07) is 4.10. The first-order valence-corrected chi connectivity index (χ1v) is 11.9. The molecular formula is C25H31ClFN3O4. The minimum Gasteiger partial charge on any atom is -0.462 e. The van der Waals surface area contributed by atoms with Gasteiger partial charge in [-0.15, -0.1) is 0 Å². The predicted octanol–water partition coefficient (Wildman–Crippen LogP) is 4.41. The average Bonchev–Trinajstić information content (AvgIpc) is 3.11. The second kappa shape index (κ2) is 11.0. The summed E-state index contributed by atoms with van der Waals surface area (Å²) in [7, 11) is 0. The number of hydrogen-bond donors (Lipinski definition) is 2. The number of piperidine rings is 1. The van der Waals surface area contributed by atoms with Gasteiger partial charge in [0.05, 0.1) is 12.2 Å². The maximum Gasteiger partial charge on any atom is 0.340 e. The third-order valence-corrected chi connectivity index (χ3v) is 6.90. The number of amides is 2. The Bertz CT molecular complexity index is 1080. The van der Waals surface area contributed by atoms with Crippen molar-refractivity contribution in [3.63, 3.8) is 0 Å². The molecule has 1 aliphatic heterocycles. The van der Waals surface area contributed by atoms with Crippen molar-refractivity contribution < 1.29 is 23.5 Å². The lowest BCUT2D eigenvalue weighted by Crippen LogP contribution is -2.42. The smallest absolute Gasteiger partial charge is 0.340 e. The summed E-state index contributed by atoms with van der Waals surface area (Å²) in [5, 5.41) is 3.16. The topological polar surface area (TPSA) is 91.5 Å². The Morgan fingerprint density at radius 2 is 1.94 bits per heavy atom. The van der Waals surface area contributed by atoms with Crippen LogP contribution >= 0.6 is 11.6 Å². The molecule has 0 saturated carbocycles. The van der Waals surface area contributed by atoms with Crippen LogP contribution in [0.4, 0.5) is 4.39 Å². The lowest BCUT2D eigenvalue weighted by Gasteiger charge is -2.34. The van der Waals surface area contributed by atoms with Gasteiger partial charge >= 0.3 is 5.97 Å². The first-order chi connectivity index (χ1) is 16.1. The van der Waals surface area contributed by atoms with Crippen molar-refractivity contribution in [3.8, 4) is 0 Å². The largest absolute Gasteiger partial charge is 0.462 e. The molecular weight excluding hydrogens is 461 g/mol. The number of esters is 1. The minimum atomic E-state index is -0.437. The molecule has 2 N–H and O–H groups in total. The van der Waals surface area contributed by atoms with Crippen LogP contribution < -0.4 is 5.32 Å². The lowest BCUT2D eigenvalue weighted by atomic mass is 9.84. The van der Waals surface area contributed by atoms with E-state index in [4.69, 9.17) is 16.3 Å². The Labute approximate surface area is 204 Å². The van der Waals surface area contributed by atoms with Crippen LogP contribution in [0.1, 0.15) is 64.4 Å². The van der Waals surface area contributed by atoms with E-state index in [9.17, 15) is 18.8 Å². The molecule has 9 heteroatoms. The Balaban J connectivity index is 1.56. The molecule has 1 aromatic carbocycles. The molecule has 1 aliphatic rings. The molecule has 7 nitrogen and oxygen atoms in total. The fourth-order valence-electron chi connectivity index (χ4n) is 4.46. The van der Waals surface area contributed by atoms with Gasteiger partial charge in [0.25, 0.3) is 5.91 Å². The SMILES string of the molecule is CCOC(=O)c1c(C)[nH]c(C(=O)N2CCC([C@H](C)C(=O)NCc3ccc(F)cc3Cl)CC2)c1C. The number of carbonyl (C=O) groups is 3. The number of halogens is 2. The predicted molar refractivity (Wildman–Crippen MR) is 127 cm³/mol. The number of nitrogens with one attached hydrogen (secondary N) is 2. The third-order valence-electron chi connectivity index (χ3n) is 6.55. The van der Waals surface area contributed by atoms with Crippen molar-refractivity contribution in [2.75, 3.05) is 19.7 Å². The third kappa shape index (κ3) is 5.60. The number of benzene rings is 1. The first-order valence-electron chi connectivity index (χ1n) is 11.5. The van der Waals surface area contributed by atoms with Crippen molar-refractivity contribution >= 4 is 29.4 Å². The van der Waals surface area contributed by atoms with Crippen molar-refractivity contribution in [1.29, 1.82) is 0 Å². The Morgan fingerprint density at radius 3 is 2.56 bits per heavy atom. The van der Waals surface area contributed by atoms with Crippen molar-refractivity contribution in [2.45, 2.75) is 47.1 Å². The number of nitrogens with zero attached hydrogens (tertiary/aromatic N) is 1. The number of H-pyrrole nitrogens is 1. The van der Waals surface area contributed by atoms with Crippen LogP contribution in [-0.2, 0) is 16.1 Å². The van der Waals surface area contributed by atoms with Gasteiger partial charge in [-0.05, 0) is 62.8 Å². The van der Waals surface area contributed by atoms with Crippen LogP contribution in [0.2, 0.25) is 5.02 Å². The van der Waals surface area contributed by atoms with Crippen LogP contribution in [0.3, 0.4) is 0 Å². The summed E-state index contributed by atoms with van der Waals surface area (Å²) in [6.07, 6.45) is 1.39. The van der Waals surface area contributed by atoms with Crippen LogP contribution in [-0.4, -0.2) is 47.4 Å². The standard InChI is InChI=1S/C25H31ClFN3O4/c1-5-34-25(33)21-15(3)22(29-16(21)4)24(32)30-10-8-17(9-11-30)14(2)23(31)28-13-18-6-7-19(27)12-20(18)26/h6-7,12,14,17,29H,5,8-11,13H2,1-4H3,(H,28,31)/t14-/m0/s1. The maximum absolute atomic E-state index is 13.2. The minimum absolute atomic E-state index is 0.0971. The molecule has 0 unspecified atom stereocenters. The van der Waals surface area contributed by atoms with Crippen LogP contribution in [0, 0.1) is 31.5 Å². The molecule has 1 atom stereocenters. The Kier molecular flexibility index (Phi) is 8.36. The normalized spacial score (nSPS) is 15.2. The molecule has 34 heavy (non-hydrogen) atoms. The summed E-state index contributed by atoms with van der Waals surface area (Å²) in [5.41, 5.74) is 2.67. The highest BCUT2D eigenvalue weighted by Gasteiger charge is 2.32. The zero-order valence-electron chi connectivity index (χ0n) is 20.0. The molecule has 2 amide bonds. The summed E-state index contributed by atoms with van der Waals surface area (Å²) in [4.78, 5) is 42.8. The fourth-order valence-corrected chi connectivity index (χ4v) is 4.69. The Morgan fingerprint density at radius 1 is 1.26 bits per heavy atom. The molecule has 1 saturated heterocycles. The highest BCUT2D eigenvalue weighted by Crippen LogP contribution is 2.28. The highest BCUT2D eigenvalue weighted by atomic mass is 35.5. The molecule has 0 radical (unpaired) electrons. The molecule has 184 valence electrons. The van der Waals surface area contributed by atoms with Crippen molar-refractivity contribution in [3.05, 3.63) is 57.1 Å². The molecule has 2 heterocycles. The van der Waals surface area contributed by atoms with Gasteiger partial charge in [-0.3, -0.25) is 9.59 Å². The lowest BCUT2D eigenvalue weighted by molar-refractivity contribution is -0.126. The van der Waals surface area contributed by atoms with E-state index >= 15 is 0 Å². The van der Waals surface area contributed by atoms with Gasteiger partial charge in [0.15, 0.2) is 0 Å². The van der Waals surface area contributed by atoms with Gasteiger partial charge in [0.2, 0.25) is 5.91 Å². The number of hydrogen-bond acceptors (Lipinski definition) is 4. The van der Waals surface area contributed by atoms with Crippen molar-refractivity contribution in [2.24, 2.45) is 11.8 Å². The van der Waals surface area contributed by atoms with Gasteiger partial charge < -0.3 is 19.9 Å². The summed E-state index contributed by atoms with van der Waals surface area (Å²) in [5.74, 6) is -1.21. The number of rotatable bonds is 7. The van der Waals surface area contributed by atoms with Crippen LogP contribution in [0.25, 0.3) is 0 Å². The van der Waals surface area contributed by atoms with E-state index in [1.54, 1.807) is 31.7 Å². The molecule has 1 aromatic heterocycles. The van der Waals surface area contributed by atoms with E-state index in [0.29, 0.717) is 54.0 Å². The molecule has 2 aromatic rings. The average molecular weight is 492 g/mol. The number of carbonyl (C=O) groups excluding carboxylic acids is 3. The van der Waals surface area contributed by atoms with Gasteiger partial charge in [0, 0.05) is 36.3 Å². The summed E-state index contributed by atoms with van der Waals surface area (Å²) < 4.78 is 18.3. The van der Waals surface area contributed by atoms with E-state index in [0.717, 1.165) is 0 Å².